The molecule has 0 radical (unpaired) electrons. The van der Waals surface area contributed by atoms with Gasteiger partial charge in [0.15, 0.2) is 0 Å². The average Bonchev–Trinajstić information content (AvgIpc) is 3.17. The molecular weight excluding hydrogens is 455 g/mol. The van der Waals surface area contributed by atoms with Crippen LogP contribution in [0.1, 0.15) is 11.1 Å². The SMILES string of the molecule is CN1C(=O)C(Cc2c[nH]c3cc(F)cc([N+](=O)[O-])c23)N(C)C(=O)C1Cc1ccc(Cl)c(O)c1. The van der Waals surface area contributed by atoms with Crippen LogP contribution in [0.4, 0.5) is 10.1 Å². The van der Waals surface area contributed by atoms with Gasteiger partial charge in [0.1, 0.15) is 23.7 Å². The minimum absolute atomic E-state index is 0.0202. The van der Waals surface area contributed by atoms with Crippen LogP contribution in [0.15, 0.2) is 36.5 Å². The van der Waals surface area contributed by atoms with E-state index >= 15 is 0 Å². The second kappa shape index (κ2) is 8.36. The van der Waals surface area contributed by atoms with Gasteiger partial charge in [-0.05, 0) is 29.3 Å². The van der Waals surface area contributed by atoms with E-state index in [1.54, 1.807) is 6.07 Å². The number of amides is 2. The number of nitrogens with one attached hydrogen (secondary N) is 1. The first-order valence-electron chi connectivity index (χ1n) is 10.0. The number of carbonyl (C=O) groups is 2. The topological polar surface area (TPSA) is 120 Å². The summed E-state index contributed by atoms with van der Waals surface area (Å²) in [6, 6.07) is 4.94. The summed E-state index contributed by atoms with van der Waals surface area (Å²) >= 11 is 5.84. The molecule has 2 heterocycles. The van der Waals surface area contributed by atoms with Gasteiger partial charge in [-0.15, -0.1) is 0 Å². The molecule has 2 unspecified atom stereocenters. The Morgan fingerprint density at radius 1 is 1.12 bits per heavy atom. The van der Waals surface area contributed by atoms with E-state index in [9.17, 15) is 29.2 Å². The van der Waals surface area contributed by atoms with E-state index in [4.69, 9.17) is 11.6 Å². The van der Waals surface area contributed by atoms with Crippen molar-refractivity contribution in [2.75, 3.05) is 14.1 Å². The molecule has 2 aromatic carbocycles. The molecular formula is C22H20ClFN4O5. The van der Waals surface area contributed by atoms with Crippen LogP contribution in [0.25, 0.3) is 10.9 Å². The van der Waals surface area contributed by atoms with Crippen molar-refractivity contribution in [3.05, 3.63) is 68.6 Å². The quantitative estimate of drug-likeness (QED) is 0.435. The summed E-state index contributed by atoms with van der Waals surface area (Å²) < 4.78 is 13.8. The van der Waals surface area contributed by atoms with E-state index in [1.807, 2.05) is 0 Å². The van der Waals surface area contributed by atoms with Crippen LogP contribution in [0, 0.1) is 15.9 Å². The highest BCUT2D eigenvalue weighted by Crippen LogP contribution is 2.32. The third-order valence-electron chi connectivity index (χ3n) is 6.06. The molecule has 1 aromatic heterocycles. The average molecular weight is 475 g/mol. The van der Waals surface area contributed by atoms with Crippen LogP contribution in [-0.4, -0.2) is 62.8 Å². The van der Waals surface area contributed by atoms with E-state index in [-0.39, 0.29) is 46.3 Å². The molecule has 0 bridgehead atoms. The number of piperazine rings is 1. The van der Waals surface area contributed by atoms with Crippen LogP contribution in [0.2, 0.25) is 5.02 Å². The van der Waals surface area contributed by atoms with Gasteiger partial charge in [-0.1, -0.05) is 17.7 Å². The van der Waals surface area contributed by atoms with Crippen LogP contribution < -0.4 is 0 Å². The Balaban J connectivity index is 1.62. The highest BCUT2D eigenvalue weighted by Gasteiger charge is 2.43. The number of nitro groups is 1. The minimum atomic E-state index is -0.888. The Labute approximate surface area is 192 Å². The predicted octanol–water partition coefficient (Wildman–Crippen LogP) is 3.03. The normalized spacial score (nSPS) is 18.9. The van der Waals surface area contributed by atoms with Gasteiger partial charge < -0.3 is 19.9 Å². The Morgan fingerprint density at radius 2 is 1.76 bits per heavy atom. The molecule has 1 saturated heterocycles. The standard InChI is InChI=1S/C22H20ClFN4O5/c1-26-17(5-11-3-4-14(23)19(29)6-11)21(30)27(2)18(22(26)31)7-12-10-25-15-8-13(24)9-16(20(12)15)28(32)33/h3-4,6,8-10,17-18,25,29H,5,7H2,1-2H3. The second-order valence-electron chi connectivity index (χ2n) is 8.04. The molecule has 1 fully saturated rings. The Morgan fingerprint density at radius 3 is 2.36 bits per heavy atom. The fraction of sp³-hybridized carbons (Fsp3) is 0.273. The third-order valence-corrected chi connectivity index (χ3v) is 6.37. The van der Waals surface area contributed by atoms with Gasteiger partial charge in [-0.2, -0.15) is 0 Å². The number of hydrogen-bond acceptors (Lipinski definition) is 5. The van der Waals surface area contributed by atoms with E-state index in [2.05, 4.69) is 4.98 Å². The van der Waals surface area contributed by atoms with Gasteiger partial charge in [0.05, 0.1) is 26.9 Å². The minimum Gasteiger partial charge on any atom is -0.506 e. The molecule has 0 aliphatic carbocycles. The maximum atomic E-state index is 13.8. The first-order chi connectivity index (χ1) is 15.6. The van der Waals surface area contributed by atoms with E-state index in [0.717, 1.165) is 12.1 Å². The molecule has 0 saturated carbocycles. The number of fused-ring (bicyclic) bond motifs is 1. The van der Waals surface area contributed by atoms with Crippen molar-refractivity contribution in [2.45, 2.75) is 24.9 Å². The molecule has 4 rings (SSSR count). The van der Waals surface area contributed by atoms with E-state index in [0.29, 0.717) is 11.1 Å². The number of nitrogens with zero attached hydrogens (tertiary/aromatic N) is 3. The summed E-state index contributed by atoms with van der Waals surface area (Å²) in [4.78, 5) is 42.6. The van der Waals surface area contributed by atoms with Crippen LogP contribution in [0.5, 0.6) is 5.75 Å². The lowest BCUT2D eigenvalue weighted by atomic mass is 9.95. The number of non-ortho nitro benzene ring substituents is 1. The van der Waals surface area contributed by atoms with Crippen molar-refractivity contribution < 1.29 is 24.0 Å². The molecule has 0 spiro atoms. The molecule has 1 aliphatic heterocycles. The highest BCUT2D eigenvalue weighted by atomic mass is 35.5. The Kier molecular flexibility index (Phi) is 5.71. The number of aromatic amines is 1. The van der Waals surface area contributed by atoms with Crippen LogP contribution in [0.3, 0.4) is 0 Å². The monoisotopic (exact) mass is 474 g/mol. The lowest BCUT2D eigenvalue weighted by Gasteiger charge is -2.42. The maximum Gasteiger partial charge on any atom is 0.281 e. The largest absolute Gasteiger partial charge is 0.506 e. The van der Waals surface area contributed by atoms with Gasteiger partial charge in [-0.3, -0.25) is 19.7 Å². The number of carbonyl (C=O) groups excluding carboxylic acids is 2. The molecule has 1 aliphatic rings. The number of nitro benzene ring substituents is 1. The molecule has 33 heavy (non-hydrogen) atoms. The lowest BCUT2D eigenvalue weighted by molar-refractivity contribution is -0.383. The molecule has 2 amide bonds. The number of hydrogen-bond donors (Lipinski definition) is 2. The Hall–Kier alpha value is -3.66. The number of benzene rings is 2. The molecule has 2 atom stereocenters. The van der Waals surface area contributed by atoms with Crippen molar-refractivity contribution in [1.29, 1.82) is 0 Å². The molecule has 3 aromatic rings. The van der Waals surface area contributed by atoms with Gasteiger partial charge in [-0.25, -0.2) is 4.39 Å². The summed E-state index contributed by atoms with van der Waals surface area (Å²) in [6.07, 6.45) is 1.69. The fourth-order valence-corrected chi connectivity index (χ4v) is 4.38. The molecule has 2 N–H and O–H groups in total. The number of aromatic hydroxyl groups is 1. The van der Waals surface area contributed by atoms with Gasteiger partial charge >= 0.3 is 0 Å². The van der Waals surface area contributed by atoms with E-state index < -0.39 is 28.5 Å². The first kappa shape index (κ1) is 22.5. The number of likely N-dealkylation sites (N-methyl/N-ethyl adjacent to an activating group) is 2. The van der Waals surface area contributed by atoms with Crippen molar-refractivity contribution in [2.24, 2.45) is 0 Å². The zero-order valence-corrected chi connectivity index (χ0v) is 18.5. The summed E-state index contributed by atoms with van der Waals surface area (Å²) in [5, 5.41) is 21.7. The summed E-state index contributed by atoms with van der Waals surface area (Å²) in [7, 11) is 3.03. The van der Waals surface area contributed by atoms with Gasteiger partial charge in [0, 0.05) is 33.1 Å². The highest BCUT2D eigenvalue weighted by molar-refractivity contribution is 6.32. The van der Waals surface area contributed by atoms with Crippen molar-refractivity contribution in [3.8, 4) is 5.75 Å². The maximum absolute atomic E-state index is 13.8. The number of phenols is 1. The molecule has 172 valence electrons. The van der Waals surface area contributed by atoms with E-state index in [1.165, 1.54) is 42.2 Å². The number of aromatic nitrogens is 1. The number of rotatable bonds is 5. The first-order valence-corrected chi connectivity index (χ1v) is 10.4. The van der Waals surface area contributed by atoms with Gasteiger partial charge in [0.2, 0.25) is 11.8 Å². The van der Waals surface area contributed by atoms with Crippen LogP contribution >= 0.6 is 11.6 Å². The predicted molar refractivity (Wildman–Crippen MR) is 119 cm³/mol. The van der Waals surface area contributed by atoms with Crippen molar-refractivity contribution >= 4 is 40.0 Å². The second-order valence-corrected chi connectivity index (χ2v) is 8.45. The summed E-state index contributed by atoms with van der Waals surface area (Å²) in [5.74, 6) is -1.51. The third kappa shape index (κ3) is 3.97. The zero-order chi connectivity index (χ0) is 24.0. The van der Waals surface area contributed by atoms with Crippen molar-refractivity contribution in [1.82, 2.24) is 14.8 Å². The summed E-state index contributed by atoms with van der Waals surface area (Å²) in [6.45, 7) is 0. The Bertz CT molecular complexity index is 1290. The zero-order valence-electron chi connectivity index (χ0n) is 17.7. The number of H-pyrrole nitrogens is 1. The lowest BCUT2D eigenvalue weighted by Crippen LogP contribution is -2.63. The van der Waals surface area contributed by atoms with Gasteiger partial charge in [0.25, 0.3) is 5.69 Å². The number of phenolic OH excluding ortho intramolecular Hbond substituents is 1. The number of halogens is 2. The molecule has 11 heteroatoms. The van der Waals surface area contributed by atoms with Crippen LogP contribution in [-0.2, 0) is 22.4 Å². The molecule has 9 nitrogen and oxygen atoms in total. The summed E-state index contributed by atoms with van der Waals surface area (Å²) in [5.41, 5.74) is 0.898. The van der Waals surface area contributed by atoms with Crippen molar-refractivity contribution in [3.63, 3.8) is 0 Å². The smallest absolute Gasteiger partial charge is 0.281 e. The fourth-order valence-electron chi connectivity index (χ4n) is 4.26.